The summed E-state index contributed by atoms with van der Waals surface area (Å²) in [5.41, 5.74) is 3.34. The number of carbonyl (C=O) groups excluding carboxylic acids is 1. The highest BCUT2D eigenvalue weighted by Gasteiger charge is 2.08. The molecular weight excluding hydrogens is 328 g/mol. The van der Waals surface area contributed by atoms with E-state index >= 15 is 0 Å². The molecule has 0 saturated heterocycles. The normalized spacial score (nSPS) is 10.4. The first kappa shape index (κ1) is 17.1. The summed E-state index contributed by atoms with van der Waals surface area (Å²) >= 11 is 5.22. The van der Waals surface area contributed by atoms with E-state index in [-0.39, 0.29) is 5.91 Å². The Hall–Kier alpha value is -2.72. The van der Waals surface area contributed by atoms with E-state index in [4.69, 9.17) is 12.2 Å². The Balaban J connectivity index is 1.56. The topological polar surface area (TPSA) is 41.1 Å². The molecule has 3 rings (SSSR count). The van der Waals surface area contributed by atoms with Crippen LogP contribution in [0.4, 0.5) is 0 Å². The number of hydrogen-bond acceptors (Lipinski definition) is 2. The summed E-state index contributed by atoms with van der Waals surface area (Å²) in [7, 11) is 0. The van der Waals surface area contributed by atoms with Crippen LogP contribution < -0.4 is 10.6 Å². The van der Waals surface area contributed by atoms with Gasteiger partial charge in [0.05, 0.1) is 6.42 Å². The Labute approximate surface area is 153 Å². The Morgan fingerprint density at radius 3 is 2.48 bits per heavy atom. The van der Waals surface area contributed by atoms with Gasteiger partial charge in [-0.15, -0.1) is 0 Å². The van der Waals surface area contributed by atoms with Gasteiger partial charge in [0.2, 0.25) is 5.91 Å². The van der Waals surface area contributed by atoms with Crippen LogP contribution in [-0.4, -0.2) is 11.0 Å². The van der Waals surface area contributed by atoms with E-state index in [1.54, 1.807) is 0 Å². The second kappa shape index (κ2) is 7.90. The summed E-state index contributed by atoms with van der Waals surface area (Å²) in [5.74, 6) is -0.113. The van der Waals surface area contributed by atoms with E-state index in [0.29, 0.717) is 18.1 Å². The molecule has 0 aliphatic rings. The lowest BCUT2D eigenvalue weighted by atomic mass is 10.0. The van der Waals surface area contributed by atoms with E-state index in [9.17, 15) is 4.79 Å². The smallest absolute Gasteiger partial charge is 0.230 e. The molecule has 4 heteroatoms. The van der Waals surface area contributed by atoms with Crippen molar-refractivity contribution in [3.8, 4) is 0 Å². The molecule has 3 aromatic carbocycles. The van der Waals surface area contributed by atoms with Crippen LogP contribution in [0.25, 0.3) is 10.8 Å². The number of thiocarbonyl (C=S) groups is 1. The fourth-order valence-electron chi connectivity index (χ4n) is 2.72. The van der Waals surface area contributed by atoms with Gasteiger partial charge in [0, 0.05) is 6.54 Å². The lowest BCUT2D eigenvalue weighted by Crippen LogP contribution is -2.39. The molecular formula is C21H20N2OS. The fraction of sp³-hybridized carbons (Fsp3) is 0.143. The summed E-state index contributed by atoms with van der Waals surface area (Å²) in [6.45, 7) is 2.64. The third-order valence-corrected chi connectivity index (χ3v) is 4.30. The van der Waals surface area contributed by atoms with Gasteiger partial charge in [-0.3, -0.25) is 4.79 Å². The zero-order chi connectivity index (χ0) is 17.6. The van der Waals surface area contributed by atoms with Crippen molar-refractivity contribution in [1.29, 1.82) is 0 Å². The second-order valence-electron chi connectivity index (χ2n) is 6.03. The zero-order valence-corrected chi connectivity index (χ0v) is 14.9. The largest absolute Gasteiger partial charge is 0.358 e. The van der Waals surface area contributed by atoms with Gasteiger partial charge in [-0.2, -0.15) is 0 Å². The molecule has 0 saturated carbocycles. The summed E-state index contributed by atoms with van der Waals surface area (Å²) in [6, 6.07) is 22.3. The number of amides is 1. The Kier molecular flexibility index (Phi) is 5.41. The minimum absolute atomic E-state index is 0.113. The van der Waals surface area contributed by atoms with Crippen molar-refractivity contribution in [3.05, 3.63) is 83.4 Å². The van der Waals surface area contributed by atoms with E-state index in [0.717, 1.165) is 21.9 Å². The van der Waals surface area contributed by atoms with Gasteiger partial charge in [0.1, 0.15) is 0 Å². The van der Waals surface area contributed by atoms with Gasteiger partial charge in [-0.1, -0.05) is 72.3 Å². The molecule has 0 aliphatic heterocycles. The van der Waals surface area contributed by atoms with E-state index in [1.165, 1.54) is 5.56 Å². The summed E-state index contributed by atoms with van der Waals surface area (Å²) in [6.07, 6.45) is 0.299. The van der Waals surface area contributed by atoms with Crippen LogP contribution >= 0.6 is 12.2 Å². The van der Waals surface area contributed by atoms with Crippen LogP contribution in [-0.2, 0) is 17.8 Å². The maximum absolute atomic E-state index is 12.3. The van der Waals surface area contributed by atoms with Crippen LogP contribution in [0.2, 0.25) is 0 Å². The maximum Gasteiger partial charge on any atom is 0.230 e. The SMILES string of the molecule is Cc1ccc(CNC(=S)NC(=O)Cc2cccc3ccccc23)cc1. The summed E-state index contributed by atoms with van der Waals surface area (Å²) in [4.78, 5) is 12.3. The molecule has 2 N–H and O–H groups in total. The lowest BCUT2D eigenvalue weighted by Gasteiger charge is -2.11. The number of aryl methyl sites for hydroxylation is 1. The van der Waals surface area contributed by atoms with Gasteiger partial charge >= 0.3 is 0 Å². The molecule has 0 heterocycles. The molecule has 25 heavy (non-hydrogen) atoms. The fourth-order valence-corrected chi connectivity index (χ4v) is 2.91. The number of hydrogen-bond donors (Lipinski definition) is 2. The number of benzene rings is 3. The number of nitrogens with one attached hydrogen (secondary N) is 2. The highest BCUT2D eigenvalue weighted by Crippen LogP contribution is 2.18. The second-order valence-corrected chi connectivity index (χ2v) is 6.44. The molecule has 0 radical (unpaired) electrons. The van der Waals surface area contributed by atoms with Crippen LogP contribution in [0.5, 0.6) is 0 Å². The molecule has 0 atom stereocenters. The number of fused-ring (bicyclic) bond motifs is 1. The van der Waals surface area contributed by atoms with Gasteiger partial charge in [-0.25, -0.2) is 0 Å². The van der Waals surface area contributed by atoms with Gasteiger partial charge in [0.15, 0.2) is 5.11 Å². The van der Waals surface area contributed by atoms with Gasteiger partial charge in [0.25, 0.3) is 0 Å². The third-order valence-electron chi connectivity index (χ3n) is 4.06. The minimum Gasteiger partial charge on any atom is -0.358 e. The zero-order valence-electron chi connectivity index (χ0n) is 14.1. The molecule has 0 fully saturated rings. The van der Waals surface area contributed by atoms with Gasteiger partial charge in [-0.05, 0) is 41.0 Å². The molecule has 0 aromatic heterocycles. The molecule has 3 nitrogen and oxygen atoms in total. The van der Waals surface area contributed by atoms with Crippen LogP contribution in [0.3, 0.4) is 0 Å². The molecule has 1 amide bonds. The van der Waals surface area contributed by atoms with Crippen molar-refractivity contribution in [2.75, 3.05) is 0 Å². The van der Waals surface area contributed by atoms with Crippen molar-refractivity contribution in [2.24, 2.45) is 0 Å². The molecule has 3 aromatic rings. The van der Waals surface area contributed by atoms with Crippen molar-refractivity contribution >= 4 is 34.0 Å². The Bertz CT molecular complexity index is 898. The van der Waals surface area contributed by atoms with E-state index < -0.39 is 0 Å². The predicted octanol–water partition coefficient (Wildman–Crippen LogP) is 3.88. The predicted molar refractivity (Wildman–Crippen MR) is 106 cm³/mol. The first-order valence-corrected chi connectivity index (χ1v) is 8.62. The van der Waals surface area contributed by atoms with Crippen LogP contribution in [0, 0.1) is 6.92 Å². The highest BCUT2D eigenvalue weighted by atomic mass is 32.1. The van der Waals surface area contributed by atoms with Crippen LogP contribution in [0.15, 0.2) is 66.7 Å². The Morgan fingerprint density at radius 2 is 1.68 bits per heavy atom. The third kappa shape index (κ3) is 4.64. The molecule has 0 aliphatic carbocycles. The Morgan fingerprint density at radius 1 is 0.960 bits per heavy atom. The van der Waals surface area contributed by atoms with Crippen molar-refractivity contribution in [2.45, 2.75) is 19.9 Å². The van der Waals surface area contributed by atoms with Gasteiger partial charge < -0.3 is 10.6 Å². The minimum atomic E-state index is -0.113. The average Bonchev–Trinajstić information content (AvgIpc) is 2.61. The summed E-state index contributed by atoms with van der Waals surface area (Å²) < 4.78 is 0. The standard InChI is InChI=1S/C21H20N2OS/c1-15-9-11-16(12-10-15)14-22-21(25)23-20(24)13-18-7-4-6-17-5-2-3-8-19(17)18/h2-12H,13-14H2,1H3,(H2,22,23,24,25). The average molecular weight is 348 g/mol. The summed E-state index contributed by atoms with van der Waals surface area (Å²) in [5, 5.41) is 8.41. The maximum atomic E-state index is 12.3. The van der Waals surface area contributed by atoms with Crippen LogP contribution in [0.1, 0.15) is 16.7 Å². The van der Waals surface area contributed by atoms with Crippen molar-refractivity contribution < 1.29 is 4.79 Å². The first-order chi connectivity index (χ1) is 12.1. The molecule has 0 bridgehead atoms. The van der Waals surface area contributed by atoms with Crippen molar-refractivity contribution in [1.82, 2.24) is 10.6 Å². The monoisotopic (exact) mass is 348 g/mol. The van der Waals surface area contributed by atoms with E-state index in [1.807, 2.05) is 54.6 Å². The quantitative estimate of drug-likeness (QED) is 0.703. The lowest BCUT2D eigenvalue weighted by molar-refractivity contribution is -0.119. The highest BCUT2D eigenvalue weighted by molar-refractivity contribution is 7.80. The number of rotatable bonds is 4. The van der Waals surface area contributed by atoms with Crippen molar-refractivity contribution in [3.63, 3.8) is 0 Å². The molecule has 0 spiro atoms. The number of carbonyl (C=O) groups is 1. The molecule has 126 valence electrons. The van der Waals surface area contributed by atoms with E-state index in [2.05, 4.69) is 29.7 Å². The molecule has 0 unspecified atom stereocenters. The first-order valence-electron chi connectivity index (χ1n) is 8.22.